The first-order valence-corrected chi connectivity index (χ1v) is 21.5. The molecule has 2 aliphatic carbocycles. The lowest BCUT2D eigenvalue weighted by Gasteiger charge is -2.34. The maximum absolute atomic E-state index is 14.3. The van der Waals surface area contributed by atoms with Crippen LogP contribution >= 0.6 is 0 Å². The number of aromatic hydroxyl groups is 1. The number of carbonyl (C=O) groups is 7. The number of aldehydes is 1. The molecule has 0 unspecified atom stereocenters. The Balaban J connectivity index is 1.84. The highest BCUT2D eigenvalue weighted by Crippen LogP contribution is 2.30. The van der Waals surface area contributed by atoms with Gasteiger partial charge in [-0.1, -0.05) is 37.5 Å². The van der Waals surface area contributed by atoms with Gasteiger partial charge in [0.05, 0.1) is 39.3 Å². The number of nitrogens with two attached hydrogens (primary N) is 3. The van der Waals surface area contributed by atoms with Gasteiger partial charge in [0.15, 0.2) is 5.96 Å². The number of carbonyl (C=O) groups excluding carboxylic acids is 7. The summed E-state index contributed by atoms with van der Waals surface area (Å²) >= 11 is 0. The van der Waals surface area contributed by atoms with Gasteiger partial charge in [-0.2, -0.15) is 0 Å². The Labute approximate surface area is 359 Å². The monoisotopic (exact) mass is 853 g/mol. The van der Waals surface area contributed by atoms with E-state index in [1.165, 1.54) is 24.5 Å². The van der Waals surface area contributed by atoms with Crippen molar-refractivity contribution in [2.75, 3.05) is 85.1 Å². The smallest absolute Gasteiger partial charge is 0.242 e. The van der Waals surface area contributed by atoms with Crippen LogP contribution in [0, 0.1) is 11.8 Å². The van der Waals surface area contributed by atoms with Crippen molar-refractivity contribution >= 4 is 47.7 Å². The Bertz CT molecular complexity index is 1630. The molecule has 0 aliphatic heterocycles. The number of phenolic OH excluding ortho intramolecular Hbond substituents is 1. The number of guanidine groups is 1. The van der Waals surface area contributed by atoms with Crippen LogP contribution in [0.5, 0.6) is 5.75 Å². The van der Waals surface area contributed by atoms with Crippen LogP contribution in [-0.2, 0) is 40.0 Å². The van der Waals surface area contributed by atoms with Gasteiger partial charge in [-0.3, -0.25) is 33.8 Å². The minimum atomic E-state index is -0.713. The van der Waals surface area contributed by atoms with Gasteiger partial charge in [-0.05, 0) is 80.9 Å². The number of amides is 6. The number of primary amides is 1. The van der Waals surface area contributed by atoms with Crippen LogP contribution in [0.3, 0.4) is 0 Å². The van der Waals surface area contributed by atoms with E-state index in [4.69, 9.17) is 17.2 Å². The summed E-state index contributed by atoms with van der Waals surface area (Å²) < 4.78 is 0. The highest BCUT2D eigenvalue weighted by atomic mass is 16.3. The van der Waals surface area contributed by atoms with Gasteiger partial charge in [0.25, 0.3) is 0 Å². The molecule has 338 valence electrons. The lowest BCUT2D eigenvalue weighted by Crippen LogP contribution is -2.52. The third-order valence-corrected chi connectivity index (χ3v) is 10.8. The van der Waals surface area contributed by atoms with E-state index in [-0.39, 0.29) is 94.8 Å². The van der Waals surface area contributed by atoms with Crippen molar-refractivity contribution in [3.63, 3.8) is 0 Å². The van der Waals surface area contributed by atoms with E-state index in [2.05, 4.69) is 16.9 Å². The van der Waals surface area contributed by atoms with E-state index >= 15 is 0 Å². The van der Waals surface area contributed by atoms with Gasteiger partial charge in [0, 0.05) is 52.2 Å². The summed E-state index contributed by atoms with van der Waals surface area (Å²) in [7, 11) is 0. The van der Waals surface area contributed by atoms with E-state index in [0.29, 0.717) is 51.9 Å². The molecule has 0 spiro atoms. The number of hydrogen-bond acceptors (Lipinski definition) is 10. The Hall–Kier alpha value is -5.52. The van der Waals surface area contributed by atoms with Crippen molar-refractivity contribution in [3.05, 3.63) is 42.5 Å². The zero-order valence-corrected chi connectivity index (χ0v) is 35.7. The van der Waals surface area contributed by atoms with Crippen LogP contribution in [-0.4, -0.2) is 162 Å². The molecule has 0 bridgehead atoms. The standard InChI is InChI=1S/C43H68N10O8/c1-2-19-47-25-38(57)51(23-18-33-14-16-36(55)17-15-33)29-39(58)50(21-7-6-20-48-43(45)46)30-41(60)53(27-35-12-13-35)32-42(61)52(26-34-10-4-3-5-11-34)31-40(59)49(28-37(44)56)22-8-9-24-54/h2,14-17,24,34-35,47,55H,1,3-13,18-23,25-32H2,(H2,44,56)(H4,45,46,48). The second kappa shape index (κ2) is 27.3. The largest absolute Gasteiger partial charge is 0.508 e. The van der Waals surface area contributed by atoms with Gasteiger partial charge in [-0.25, -0.2) is 0 Å². The molecule has 2 fully saturated rings. The van der Waals surface area contributed by atoms with Gasteiger partial charge in [0.1, 0.15) is 12.0 Å². The first-order valence-electron chi connectivity index (χ1n) is 21.5. The highest BCUT2D eigenvalue weighted by Gasteiger charge is 2.33. The van der Waals surface area contributed by atoms with E-state index in [0.717, 1.165) is 56.8 Å². The zero-order chi connectivity index (χ0) is 44.6. The molecule has 0 radical (unpaired) electrons. The maximum Gasteiger partial charge on any atom is 0.242 e. The summed E-state index contributed by atoms with van der Waals surface area (Å²) in [5, 5.41) is 12.7. The number of phenols is 1. The zero-order valence-electron chi connectivity index (χ0n) is 35.7. The lowest BCUT2D eigenvalue weighted by atomic mass is 9.89. The summed E-state index contributed by atoms with van der Waals surface area (Å²) in [6.07, 6.45) is 10.9. The average molecular weight is 853 g/mol. The molecule has 1 aromatic rings. The quantitative estimate of drug-likeness (QED) is 0.0232. The molecule has 18 nitrogen and oxygen atoms in total. The van der Waals surface area contributed by atoms with Crippen LogP contribution < -0.4 is 22.5 Å². The molecule has 61 heavy (non-hydrogen) atoms. The Kier molecular flexibility index (Phi) is 22.3. The second-order valence-corrected chi connectivity index (χ2v) is 16.1. The Morgan fingerprint density at radius 1 is 0.689 bits per heavy atom. The van der Waals surface area contributed by atoms with Gasteiger partial charge >= 0.3 is 0 Å². The second-order valence-electron chi connectivity index (χ2n) is 16.1. The summed E-state index contributed by atoms with van der Waals surface area (Å²) in [5.41, 5.74) is 17.3. The molecule has 2 aliphatic rings. The fourth-order valence-corrected chi connectivity index (χ4v) is 7.23. The maximum atomic E-state index is 14.3. The molecule has 1 aromatic carbocycles. The third-order valence-electron chi connectivity index (χ3n) is 10.8. The molecule has 8 N–H and O–H groups in total. The number of aliphatic imine (C=N–C) groups is 1. The third kappa shape index (κ3) is 20.1. The van der Waals surface area contributed by atoms with Crippen molar-refractivity contribution in [3.8, 4) is 5.75 Å². The summed E-state index contributed by atoms with van der Waals surface area (Å²) in [5.74, 6) is -2.43. The first kappa shape index (κ1) is 49.8. The van der Waals surface area contributed by atoms with Crippen LogP contribution in [0.15, 0.2) is 41.9 Å². The molecule has 0 aromatic heterocycles. The Morgan fingerprint density at radius 2 is 1.21 bits per heavy atom. The van der Waals surface area contributed by atoms with Crippen LogP contribution in [0.1, 0.15) is 76.2 Å². The van der Waals surface area contributed by atoms with Crippen LogP contribution in [0.2, 0.25) is 0 Å². The number of nitrogens with one attached hydrogen (secondary N) is 1. The molecule has 0 atom stereocenters. The minimum absolute atomic E-state index is 0.0392. The van der Waals surface area contributed by atoms with Gasteiger partial charge in [-0.15, -0.1) is 6.58 Å². The molecule has 2 saturated carbocycles. The molecular weight excluding hydrogens is 785 g/mol. The fourth-order valence-electron chi connectivity index (χ4n) is 7.23. The van der Waals surface area contributed by atoms with Gasteiger partial charge in [0.2, 0.25) is 35.4 Å². The van der Waals surface area contributed by atoms with Crippen LogP contribution in [0.25, 0.3) is 0 Å². The molecular formula is C43H68N10O8. The summed E-state index contributed by atoms with van der Waals surface area (Å²) in [6.45, 7) is 3.80. The van der Waals surface area contributed by atoms with Crippen molar-refractivity contribution in [1.82, 2.24) is 29.8 Å². The number of nitrogens with zero attached hydrogens (tertiary/aromatic N) is 6. The molecule has 0 heterocycles. The topological polar surface area (TPSA) is 258 Å². The number of benzene rings is 1. The predicted octanol–water partition coefficient (Wildman–Crippen LogP) is 0.362. The average Bonchev–Trinajstić information content (AvgIpc) is 4.05. The van der Waals surface area contributed by atoms with E-state index in [9.17, 15) is 38.7 Å². The van der Waals surface area contributed by atoms with E-state index in [1.54, 1.807) is 30.3 Å². The number of unbranched alkanes of at least 4 members (excludes halogenated alkanes) is 2. The highest BCUT2D eigenvalue weighted by molar-refractivity contribution is 5.92. The normalized spacial score (nSPS) is 13.7. The molecule has 6 amide bonds. The predicted molar refractivity (Wildman–Crippen MR) is 231 cm³/mol. The van der Waals surface area contributed by atoms with Crippen molar-refractivity contribution in [1.29, 1.82) is 0 Å². The fraction of sp³-hybridized carbons (Fsp3) is 0.628. The molecule has 0 saturated heterocycles. The summed E-state index contributed by atoms with van der Waals surface area (Å²) in [4.78, 5) is 104. The lowest BCUT2D eigenvalue weighted by molar-refractivity contribution is -0.147. The van der Waals surface area contributed by atoms with Crippen LogP contribution in [0.4, 0.5) is 0 Å². The minimum Gasteiger partial charge on any atom is -0.508 e. The summed E-state index contributed by atoms with van der Waals surface area (Å²) in [6, 6.07) is 6.59. The van der Waals surface area contributed by atoms with Gasteiger partial charge < -0.3 is 56.9 Å². The van der Waals surface area contributed by atoms with E-state index < -0.39 is 29.5 Å². The van der Waals surface area contributed by atoms with E-state index in [1.807, 2.05) is 0 Å². The van der Waals surface area contributed by atoms with Crippen molar-refractivity contribution in [2.45, 2.75) is 77.0 Å². The first-order chi connectivity index (χ1) is 29.3. The van der Waals surface area contributed by atoms with Crippen molar-refractivity contribution < 1.29 is 38.7 Å². The molecule has 18 heteroatoms. The van der Waals surface area contributed by atoms with Crippen molar-refractivity contribution in [2.24, 2.45) is 34.0 Å². The number of rotatable bonds is 30. The number of hydrogen-bond donors (Lipinski definition) is 5. The molecule has 3 rings (SSSR count). The Morgan fingerprint density at radius 3 is 1.75 bits per heavy atom. The SMILES string of the molecule is C=CCNCC(=O)N(CCc1ccc(O)cc1)CC(=O)N(CCCCN=C(N)N)CC(=O)N(CC(=O)N(CC(=O)N(CCCC=O)CC(N)=O)CC1CCCCC1)CC1CC1.